The average Bonchev–Trinajstić information content (AvgIpc) is 3.53. The molecule has 2 aliphatic carbocycles. The molecule has 0 bridgehead atoms. The van der Waals surface area contributed by atoms with Gasteiger partial charge in [0, 0.05) is 44.4 Å². The fourth-order valence-corrected chi connectivity index (χ4v) is 7.63. The maximum absolute atomic E-state index is 14.3. The van der Waals surface area contributed by atoms with Crippen molar-refractivity contribution in [3.8, 4) is 21.4 Å². The molecule has 5 rings (SSSR count). The number of carbonyl (C=O) groups is 2. The van der Waals surface area contributed by atoms with Crippen molar-refractivity contribution >= 4 is 28.8 Å². The molecular weight excluding hydrogens is 558 g/mol. The predicted octanol–water partition coefficient (Wildman–Crippen LogP) is 7.34. The lowest BCUT2D eigenvalue weighted by Gasteiger charge is -2.36. The summed E-state index contributed by atoms with van der Waals surface area (Å²) in [5, 5.41) is 0.626. The van der Waals surface area contributed by atoms with Gasteiger partial charge in [0.1, 0.15) is 5.75 Å². The summed E-state index contributed by atoms with van der Waals surface area (Å²) in [4.78, 5) is 35.9. The molecule has 0 saturated heterocycles. The van der Waals surface area contributed by atoms with E-state index in [-0.39, 0.29) is 23.7 Å². The summed E-state index contributed by atoms with van der Waals surface area (Å²) in [6, 6.07) is 14.9. The topological polar surface area (TPSA) is 72.0 Å². The van der Waals surface area contributed by atoms with Crippen LogP contribution in [0, 0.1) is 24.7 Å². The van der Waals surface area contributed by atoms with Crippen molar-refractivity contribution in [2.75, 3.05) is 39.8 Å². The molecule has 2 saturated carbocycles. The monoisotopic (exact) mass is 603 g/mol. The van der Waals surface area contributed by atoms with E-state index in [2.05, 4.69) is 53.2 Å². The van der Waals surface area contributed by atoms with E-state index in [0.29, 0.717) is 17.0 Å². The Hall–Kier alpha value is -3.39. The normalized spacial score (nSPS) is 22.1. The van der Waals surface area contributed by atoms with Crippen LogP contribution < -0.4 is 14.4 Å². The third-order valence-corrected chi connectivity index (χ3v) is 10.4. The van der Waals surface area contributed by atoms with Crippen molar-refractivity contribution in [2.45, 2.75) is 64.2 Å². The van der Waals surface area contributed by atoms with E-state index in [4.69, 9.17) is 9.47 Å². The van der Waals surface area contributed by atoms with Crippen LogP contribution in [0.3, 0.4) is 0 Å². The van der Waals surface area contributed by atoms with E-state index in [9.17, 15) is 9.59 Å². The van der Waals surface area contributed by atoms with Gasteiger partial charge in [0.25, 0.3) is 5.19 Å². The number of ether oxygens (including phenoxy) is 2. The molecule has 1 aromatic heterocycles. The minimum Gasteiger partial charge on any atom is -0.496 e. The van der Waals surface area contributed by atoms with Gasteiger partial charge in [-0.3, -0.25) is 9.59 Å². The summed E-state index contributed by atoms with van der Waals surface area (Å²) in [6.07, 6.45) is 9.32. The first-order valence-corrected chi connectivity index (χ1v) is 16.4. The maximum Gasteiger partial charge on any atom is 0.273 e. The van der Waals surface area contributed by atoms with Crippen molar-refractivity contribution in [2.24, 2.45) is 17.8 Å². The van der Waals surface area contributed by atoms with Gasteiger partial charge in [0.2, 0.25) is 11.8 Å². The number of thiazole rings is 1. The molecule has 7 nitrogen and oxygen atoms in total. The third-order valence-electron chi connectivity index (χ3n) is 9.41. The minimum atomic E-state index is -0.0584. The van der Waals surface area contributed by atoms with E-state index < -0.39 is 0 Å². The van der Waals surface area contributed by atoms with Gasteiger partial charge in [-0.15, -0.1) is 0 Å². The highest BCUT2D eigenvalue weighted by Gasteiger charge is 2.35. The molecule has 0 atom stereocenters. The molecule has 8 heteroatoms. The quantitative estimate of drug-likeness (QED) is 0.256. The first-order valence-electron chi connectivity index (χ1n) is 15.5. The number of benzene rings is 2. The highest BCUT2D eigenvalue weighted by molar-refractivity contribution is 7.16. The van der Waals surface area contributed by atoms with E-state index in [1.165, 1.54) is 22.5 Å². The summed E-state index contributed by atoms with van der Waals surface area (Å²) >= 11 is 1.50. The van der Waals surface area contributed by atoms with Crippen LogP contribution in [0.4, 0.5) is 5.69 Å². The summed E-state index contributed by atoms with van der Waals surface area (Å²) < 4.78 is 10.8. The van der Waals surface area contributed by atoms with E-state index in [1.54, 1.807) is 19.1 Å². The second-order valence-electron chi connectivity index (χ2n) is 12.4. The molecule has 0 unspecified atom stereocenters. The highest BCUT2D eigenvalue weighted by atomic mass is 32.1. The van der Waals surface area contributed by atoms with Gasteiger partial charge in [0.05, 0.1) is 19.1 Å². The van der Waals surface area contributed by atoms with Gasteiger partial charge in [0.15, 0.2) is 0 Å². The number of nitrogens with zero attached hydrogens (tertiary/aromatic N) is 3. The molecule has 3 aromatic rings. The summed E-state index contributed by atoms with van der Waals surface area (Å²) in [5.41, 5.74) is 4.55. The third kappa shape index (κ3) is 7.23. The Morgan fingerprint density at radius 2 is 1.58 bits per heavy atom. The standard InChI is InChI=1S/C35H45N3O4S/c1-23-19-28(17-18-31(23)41-4)25-11-9-24(10-12-25)22-38(34(40)27-15-13-26(14-16-27)33(39)37(2)3)30-8-6-7-29(20-30)32-21-36-35(42-5)43-32/h6-8,17-21,24-27H,9-16,22H2,1-5H3/t24-,25-,26-,27-. The van der Waals surface area contributed by atoms with E-state index >= 15 is 0 Å². The predicted molar refractivity (Wildman–Crippen MR) is 173 cm³/mol. The van der Waals surface area contributed by atoms with E-state index in [0.717, 1.165) is 79.8 Å². The second-order valence-corrected chi connectivity index (χ2v) is 13.4. The summed E-state index contributed by atoms with van der Waals surface area (Å²) in [7, 11) is 6.99. The van der Waals surface area contributed by atoms with Gasteiger partial charge in [-0.1, -0.05) is 35.6 Å². The van der Waals surface area contributed by atoms with Crippen molar-refractivity contribution in [1.82, 2.24) is 9.88 Å². The molecule has 0 radical (unpaired) electrons. The Balaban J connectivity index is 1.32. The average molecular weight is 604 g/mol. The van der Waals surface area contributed by atoms with Crippen molar-refractivity contribution < 1.29 is 19.1 Å². The molecule has 230 valence electrons. The van der Waals surface area contributed by atoms with Crippen LogP contribution in [0.15, 0.2) is 48.7 Å². The Labute approximate surface area is 260 Å². The smallest absolute Gasteiger partial charge is 0.273 e. The number of rotatable bonds is 9. The van der Waals surface area contributed by atoms with Crippen LogP contribution in [-0.4, -0.2) is 56.6 Å². The molecule has 0 spiro atoms. The van der Waals surface area contributed by atoms with Crippen LogP contribution in [-0.2, 0) is 9.59 Å². The first kappa shape index (κ1) is 31.0. The number of amides is 2. The lowest BCUT2D eigenvalue weighted by atomic mass is 9.77. The lowest BCUT2D eigenvalue weighted by Crippen LogP contribution is -2.42. The van der Waals surface area contributed by atoms with Crippen LogP contribution in [0.2, 0.25) is 0 Å². The Kier molecular flexibility index (Phi) is 10.1. The molecule has 43 heavy (non-hydrogen) atoms. The Morgan fingerprint density at radius 3 is 2.19 bits per heavy atom. The zero-order valence-electron chi connectivity index (χ0n) is 26.2. The molecule has 0 aliphatic heterocycles. The molecule has 2 fully saturated rings. The summed E-state index contributed by atoms with van der Waals surface area (Å²) in [6.45, 7) is 2.83. The molecule has 2 aliphatic rings. The fourth-order valence-electron chi connectivity index (χ4n) is 6.90. The summed E-state index contributed by atoms with van der Waals surface area (Å²) in [5.74, 6) is 2.26. The molecule has 2 amide bonds. The largest absolute Gasteiger partial charge is 0.496 e. The lowest BCUT2D eigenvalue weighted by molar-refractivity contribution is -0.135. The first-order chi connectivity index (χ1) is 20.8. The van der Waals surface area contributed by atoms with Gasteiger partial charge >= 0.3 is 0 Å². The van der Waals surface area contributed by atoms with Crippen molar-refractivity contribution in [1.29, 1.82) is 0 Å². The zero-order valence-corrected chi connectivity index (χ0v) is 27.0. The number of aryl methyl sites for hydroxylation is 1. The van der Waals surface area contributed by atoms with Gasteiger partial charge in [-0.05, 0) is 105 Å². The number of methoxy groups -OCH3 is 2. The van der Waals surface area contributed by atoms with Crippen molar-refractivity contribution in [3.63, 3.8) is 0 Å². The van der Waals surface area contributed by atoms with Gasteiger partial charge in [-0.25, -0.2) is 4.98 Å². The van der Waals surface area contributed by atoms with E-state index in [1.807, 2.05) is 26.4 Å². The van der Waals surface area contributed by atoms with Gasteiger partial charge < -0.3 is 19.3 Å². The number of aromatic nitrogens is 1. The maximum atomic E-state index is 14.3. The Morgan fingerprint density at radius 1 is 0.884 bits per heavy atom. The number of anilines is 1. The second kappa shape index (κ2) is 13.9. The molecule has 2 aromatic carbocycles. The number of carbonyl (C=O) groups excluding carboxylic acids is 2. The van der Waals surface area contributed by atoms with Crippen LogP contribution in [0.1, 0.15) is 68.4 Å². The zero-order chi connectivity index (χ0) is 30.5. The van der Waals surface area contributed by atoms with Gasteiger partial charge in [-0.2, -0.15) is 0 Å². The highest BCUT2D eigenvalue weighted by Crippen LogP contribution is 2.40. The molecule has 1 heterocycles. The van der Waals surface area contributed by atoms with Crippen LogP contribution >= 0.6 is 11.3 Å². The SMILES string of the molecule is COc1ncc(-c2cccc(N(C[C@H]3CC[C@H](c4ccc(OC)c(C)c4)CC3)C(=O)[C@H]3CC[C@H](C(=O)N(C)C)CC3)c2)s1. The molecule has 0 N–H and O–H groups in total. The molecular formula is C35H45N3O4S. The number of hydrogen-bond acceptors (Lipinski definition) is 6. The Bertz CT molecular complexity index is 1400. The number of hydrogen-bond donors (Lipinski definition) is 0. The fraction of sp³-hybridized carbons (Fsp3) is 0.514. The van der Waals surface area contributed by atoms with Crippen molar-refractivity contribution in [3.05, 3.63) is 59.8 Å². The van der Waals surface area contributed by atoms with Crippen LogP contribution in [0.25, 0.3) is 10.4 Å². The minimum absolute atomic E-state index is 0.0222. The van der Waals surface area contributed by atoms with Crippen LogP contribution in [0.5, 0.6) is 10.9 Å².